The number of aromatic nitrogens is 1. The van der Waals surface area contributed by atoms with Crippen LogP contribution in [0.15, 0.2) is 18.3 Å². The lowest BCUT2D eigenvalue weighted by molar-refractivity contribution is 0.0225. The van der Waals surface area contributed by atoms with Gasteiger partial charge in [0.15, 0.2) is 0 Å². The zero-order chi connectivity index (χ0) is 16.4. The molecule has 2 heterocycles. The molecule has 5 nitrogen and oxygen atoms in total. The van der Waals surface area contributed by atoms with Crippen LogP contribution in [0.2, 0.25) is 0 Å². The van der Waals surface area contributed by atoms with Crippen LogP contribution in [0.3, 0.4) is 0 Å². The van der Waals surface area contributed by atoms with Crippen LogP contribution in [0.25, 0.3) is 0 Å². The van der Waals surface area contributed by atoms with Crippen molar-refractivity contribution in [1.29, 1.82) is 0 Å². The Bertz CT molecular complexity index is 564. The summed E-state index contributed by atoms with van der Waals surface area (Å²) >= 11 is 0. The molecule has 1 atom stereocenters. The van der Waals surface area contributed by atoms with Crippen molar-refractivity contribution in [3.8, 4) is 0 Å². The van der Waals surface area contributed by atoms with Gasteiger partial charge in [0.1, 0.15) is 11.4 Å². The van der Waals surface area contributed by atoms with Gasteiger partial charge in [-0.15, -0.1) is 0 Å². The minimum Gasteiger partial charge on any atom is -0.444 e. The van der Waals surface area contributed by atoms with Crippen LogP contribution in [0.5, 0.6) is 0 Å². The van der Waals surface area contributed by atoms with Crippen LogP contribution in [0.4, 0.5) is 10.6 Å². The first-order valence-electron chi connectivity index (χ1n) is 8.65. The molecule has 5 heteroatoms. The van der Waals surface area contributed by atoms with Crippen LogP contribution in [0, 0.1) is 0 Å². The predicted octanol–water partition coefficient (Wildman–Crippen LogP) is 4.12. The van der Waals surface area contributed by atoms with Crippen molar-refractivity contribution in [2.24, 2.45) is 0 Å². The van der Waals surface area contributed by atoms with E-state index in [2.05, 4.69) is 16.4 Å². The Balaban J connectivity index is 1.78. The lowest BCUT2D eigenvalue weighted by atomic mass is 9.92. The first-order valence-corrected chi connectivity index (χ1v) is 8.65. The molecule has 0 aromatic carbocycles. The fourth-order valence-corrected chi connectivity index (χ4v) is 3.18. The molecule has 1 N–H and O–H groups in total. The molecule has 1 aromatic heterocycles. The number of anilines is 1. The van der Waals surface area contributed by atoms with E-state index in [1.807, 2.05) is 37.9 Å². The first-order chi connectivity index (χ1) is 10.9. The van der Waals surface area contributed by atoms with Gasteiger partial charge >= 0.3 is 6.09 Å². The number of nitrogens with one attached hydrogen (secondary N) is 1. The molecule has 1 amide bonds. The van der Waals surface area contributed by atoms with Crippen LogP contribution in [-0.2, 0) is 4.74 Å². The summed E-state index contributed by atoms with van der Waals surface area (Å²) in [6, 6.07) is 4.62. The van der Waals surface area contributed by atoms with Crippen molar-refractivity contribution in [3.05, 3.63) is 23.9 Å². The van der Waals surface area contributed by atoms with Gasteiger partial charge in [0.25, 0.3) is 0 Å². The minimum absolute atomic E-state index is 0.0566. The number of nitrogens with zero attached hydrogens (tertiary/aromatic N) is 2. The largest absolute Gasteiger partial charge is 0.444 e. The third kappa shape index (κ3) is 3.77. The molecule has 0 bridgehead atoms. The highest BCUT2D eigenvalue weighted by atomic mass is 16.6. The van der Waals surface area contributed by atoms with Gasteiger partial charge in [-0.05, 0) is 58.9 Å². The molecule has 1 aromatic rings. The lowest BCUT2D eigenvalue weighted by Gasteiger charge is -2.31. The topological polar surface area (TPSA) is 54.5 Å². The average molecular weight is 317 g/mol. The molecule has 126 valence electrons. The van der Waals surface area contributed by atoms with Crippen LogP contribution in [0.1, 0.15) is 64.5 Å². The maximum atomic E-state index is 12.5. The molecule has 1 saturated carbocycles. The fourth-order valence-electron chi connectivity index (χ4n) is 3.18. The monoisotopic (exact) mass is 317 g/mol. The molecule has 1 aliphatic heterocycles. The van der Waals surface area contributed by atoms with E-state index in [9.17, 15) is 4.79 Å². The maximum absolute atomic E-state index is 12.5. The van der Waals surface area contributed by atoms with E-state index < -0.39 is 5.60 Å². The number of likely N-dealkylation sites (tertiary alicyclic amines) is 1. The Kier molecular flexibility index (Phi) is 4.46. The Morgan fingerprint density at radius 3 is 2.74 bits per heavy atom. The van der Waals surface area contributed by atoms with Gasteiger partial charge in [-0.25, -0.2) is 9.78 Å². The van der Waals surface area contributed by atoms with Gasteiger partial charge in [-0.2, -0.15) is 0 Å². The van der Waals surface area contributed by atoms with Gasteiger partial charge in [0.2, 0.25) is 0 Å². The van der Waals surface area contributed by atoms with E-state index in [0.29, 0.717) is 6.04 Å². The molecular formula is C18H27N3O2. The van der Waals surface area contributed by atoms with Gasteiger partial charge in [0.05, 0.1) is 6.04 Å². The molecule has 1 saturated heterocycles. The highest BCUT2D eigenvalue weighted by Gasteiger charge is 2.35. The number of hydrogen-bond acceptors (Lipinski definition) is 4. The Labute approximate surface area is 138 Å². The van der Waals surface area contributed by atoms with E-state index in [4.69, 9.17) is 4.74 Å². The normalized spacial score (nSPS) is 21.9. The second kappa shape index (κ2) is 6.38. The number of ether oxygens (including phenoxy) is 1. The molecular weight excluding hydrogens is 290 g/mol. The summed E-state index contributed by atoms with van der Waals surface area (Å²) in [5.74, 6) is 0.928. The summed E-state index contributed by atoms with van der Waals surface area (Å²) in [5, 5.41) is 3.54. The Morgan fingerprint density at radius 1 is 1.30 bits per heavy atom. The second-order valence-electron chi connectivity index (χ2n) is 7.55. The van der Waals surface area contributed by atoms with E-state index in [0.717, 1.165) is 30.8 Å². The predicted molar refractivity (Wildman–Crippen MR) is 90.4 cm³/mol. The van der Waals surface area contributed by atoms with Crippen LogP contribution < -0.4 is 5.32 Å². The fraction of sp³-hybridized carbons (Fsp3) is 0.667. The highest BCUT2D eigenvalue weighted by Crippen LogP contribution is 2.37. The molecule has 2 fully saturated rings. The molecule has 23 heavy (non-hydrogen) atoms. The Hall–Kier alpha value is -1.78. The lowest BCUT2D eigenvalue weighted by Crippen LogP contribution is -2.37. The van der Waals surface area contributed by atoms with E-state index in [1.165, 1.54) is 19.3 Å². The molecule has 0 radical (unpaired) electrons. The van der Waals surface area contributed by atoms with Gasteiger partial charge < -0.3 is 15.0 Å². The van der Waals surface area contributed by atoms with E-state index in [-0.39, 0.29) is 12.1 Å². The summed E-state index contributed by atoms with van der Waals surface area (Å²) in [7, 11) is 0. The number of pyridine rings is 1. The number of carbonyl (C=O) groups is 1. The van der Waals surface area contributed by atoms with Crippen molar-refractivity contribution >= 4 is 11.9 Å². The van der Waals surface area contributed by atoms with Crippen molar-refractivity contribution in [3.63, 3.8) is 0 Å². The smallest absolute Gasteiger partial charge is 0.410 e. The number of amides is 1. The standard InChI is InChI=1S/C18H27N3O2/c1-18(2,3)23-17(22)21-12-6-10-15(21)14-9-5-11-19-16(14)20-13-7-4-8-13/h5,9,11,13,15H,4,6-8,10,12H2,1-3H3,(H,19,20)/t15-/m1/s1. The van der Waals surface area contributed by atoms with Gasteiger partial charge in [-0.3, -0.25) is 0 Å². The third-order valence-corrected chi connectivity index (χ3v) is 4.52. The van der Waals surface area contributed by atoms with Crippen molar-refractivity contribution in [1.82, 2.24) is 9.88 Å². The summed E-state index contributed by atoms with van der Waals surface area (Å²) in [4.78, 5) is 18.9. The zero-order valence-corrected chi connectivity index (χ0v) is 14.3. The summed E-state index contributed by atoms with van der Waals surface area (Å²) in [6.45, 7) is 6.47. The number of hydrogen-bond donors (Lipinski definition) is 1. The molecule has 0 unspecified atom stereocenters. The summed E-state index contributed by atoms with van der Waals surface area (Å²) in [5.41, 5.74) is 0.648. The number of rotatable bonds is 3. The van der Waals surface area contributed by atoms with Gasteiger partial charge in [-0.1, -0.05) is 6.07 Å². The number of carbonyl (C=O) groups excluding carboxylic acids is 1. The van der Waals surface area contributed by atoms with Gasteiger partial charge in [0, 0.05) is 24.3 Å². The van der Waals surface area contributed by atoms with Crippen LogP contribution >= 0.6 is 0 Å². The zero-order valence-electron chi connectivity index (χ0n) is 14.3. The van der Waals surface area contributed by atoms with E-state index >= 15 is 0 Å². The first kappa shape index (κ1) is 16.1. The van der Waals surface area contributed by atoms with Crippen LogP contribution in [-0.4, -0.2) is 34.2 Å². The van der Waals surface area contributed by atoms with E-state index in [1.54, 1.807) is 0 Å². The maximum Gasteiger partial charge on any atom is 0.410 e. The minimum atomic E-state index is -0.466. The Morgan fingerprint density at radius 2 is 2.09 bits per heavy atom. The molecule has 2 aliphatic rings. The molecule has 1 aliphatic carbocycles. The molecule has 0 spiro atoms. The summed E-state index contributed by atoms with van der Waals surface area (Å²) < 4.78 is 5.57. The third-order valence-electron chi connectivity index (χ3n) is 4.52. The van der Waals surface area contributed by atoms with Crippen molar-refractivity contribution in [2.75, 3.05) is 11.9 Å². The second-order valence-corrected chi connectivity index (χ2v) is 7.55. The summed E-state index contributed by atoms with van der Waals surface area (Å²) in [6.07, 6.45) is 7.25. The quantitative estimate of drug-likeness (QED) is 0.911. The SMILES string of the molecule is CC(C)(C)OC(=O)N1CCC[C@@H]1c1cccnc1NC1CCC1. The molecule has 3 rings (SSSR count). The van der Waals surface area contributed by atoms with Crippen molar-refractivity contribution < 1.29 is 9.53 Å². The van der Waals surface area contributed by atoms with Crippen molar-refractivity contribution in [2.45, 2.75) is 70.6 Å². The highest BCUT2D eigenvalue weighted by molar-refractivity contribution is 5.70. The average Bonchev–Trinajstić information content (AvgIpc) is 2.91.